The molecule has 2 aromatic rings. The number of carboxylic acid groups (broad SMARTS) is 1. The number of fused-ring (bicyclic) bond motifs is 3. The molecule has 1 amide bonds. The Morgan fingerprint density at radius 3 is 2.31 bits per heavy atom. The van der Waals surface area contributed by atoms with Crippen molar-refractivity contribution in [3.8, 4) is 0 Å². The quantitative estimate of drug-likeness (QED) is 0.393. The Kier molecular flexibility index (Phi) is 7.36. The summed E-state index contributed by atoms with van der Waals surface area (Å²) in [5.74, 6) is -0.821. The first-order valence-corrected chi connectivity index (χ1v) is 13.8. The molecule has 0 aromatic heterocycles. The van der Waals surface area contributed by atoms with Crippen LogP contribution in [0.3, 0.4) is 0 Å². The van der Waals surface area contributed by atoms with Crippen molar-refractivity contribution in [2.24, 2.45) is 11.3 Å². The molecule has 1 aliphatic heterocycles. The summed E-state index contributed by atoms with van der Waals surface area (Å²) in [6.45, 7) is 1.99. The smallest absolute Gasteiger partial charge is 0.328 e. The summed E-state index contributed by atoms with van der Waals surface area (Å²) in [5, 5.41) is 9.05. The SMILES string of the molecule is O=C(O)/C=C/c1cccc(N(CC23CCC(c4ccc(Br)cc4)(CC2)CC3)C(=O)C2CCOCC2)c1. The number of rotatable bonds is 7. The second-order valence-electron chi connectivity index (χ2n) is 10.9. The van der Waals surface area contributed by atoms with E-state index in [-0.39, 0.29) is 22.7 Å². The number of anilines is 1. The van der Waals surface area contributed by atoms with Crippen LogP contribution < -0.4 is 4.90 Å². The Hall–Kier alpha value is -2.44. The highest BCUT2D eigenvalue weighted by Crippen LogP contribution is 2.58. The van der Waals surface area contributed by atoms with E-state index in [2.05, 4.69) is 40.2 Å². The van der Waals surface area contributed by atoms with E-state index >= 15 is 0 Å². The maximum Gasteiger partial charge on any atom is 0.328 e. The van der Waals surface area contributed by atoms with Crippen LogP contribution in [0.5, 0.6) is 0 Å². The second-order valence-corrected chi connectivity index (χ2v) is 11.8. The van der Waals surface area contributed by atoms with Crippen LogP contribution in [-0.4, -0.2) is 36.7 Å². The molecule has 4 aliphatic rings. The number of nitrogens with zero attached hydrogens (tertiary/aromatic N) is 1. The highest BCUT2D eigenvalue weighted by Gasteiger charge is 2.50. The van der Waals surface area contributed by atoms with Gasteiger partial charge in [0.2, 0.25) is 5.91 Å². The van der Waals surface area contributed by atoms with Crippen LogP contribution in [0.1, 0.15) is 62.5 Å². The average Bonchev–Trinajstić information content (AvgIpc) is 2.92. The second kappa shape index (κ2) is 10.5. The van der Waals surface area contributed by atoms with Crippen LogP contribution in [0.25, 0.3) is 6.08 Å². The lowest BCUT2D eigenvalue weighted by Gasteiger charge is -2.55. The van der Waals surface area contributed by atoms with E-state index < -0.39 is 5.97 Å². The first-order chi connectivity index (χ1) is 17.4. The normalized spacial score (nSPS) is 26.2. The maximum atomic E-state index is 13.9. The van der Waals surface area contributed by atoms with Crippen LogP contribution in [0.15, 0.2) is 59.1 Å². The molecule has 1 saturated heterocycles. The summed E-state index contributed by atoms with van der Waals surface area (Å²) in [7, 11) is 0. The van der Waals surface area contributed by atoms with Crippen molar-refractivity contribution in [1.29, 1.82) is 0 Å². The summed E-state index contributed by atoms with van der Waals surface area (Å²) in [5.41, 5.74) is 3.50. The molecule has 36 heavy (non-hydrogen) atoms. The van der Waals surface area contributed by atoms with Crippen molar-refractivity contribution in [3.63, 3.8) is 0 Å². The predicted octanol–water partition coefficient (Wildman–Crippen LogP) is 6.60. The number of carbonyl (C=O) groups excluding carboxylic acids is 1. The number of carboxylic acids is 1. The molecule has 3 aliphatic carbocycles. The summed E-state index contributed by atoms with van der Waals surface area (Å²) in [4.78, 5) is 26.9. The van der Waals surface area contributed by atoms with Gasteiger partial charge < -0.3 is 14.7 Å². The molecular weight excluding hydrogens is 518 g/mol. The number of ether oxygens (including phenoxy) is 1. The zero-order valence-electron chi connectivity index (χ0n) is 20.6. The van der Waals surface area contributed by atoms with Crippen LogP contribution in [0.2, 0.25) is 0 Å². The molecule has 6 heteroatoms. The first-order valence-electron chi connectivity index (χ1n) is 13.0. The monoisotopic (exact) mass is 551 g/mol. The molecule has 190 valence electrons. The number of benzene rings is 2. The molecule has 0 unspecified atom stereocenters. The zero-order valence-corrected chi connectivity index (χ0v) is 22.2. The molecular formula is C30H34BrNO4. The Balaban J connectivity index is 1.39. The number of hydrogen-bond acceptors (Lipinski definition) is 3. The average molecular weight is 553 g/mol. The topological polar surface area (TPSA) is 66.8 Å². The third-order valence-corrected chi connectivity index (χ3v) is 9.32. The van der Waals surface area contributed by atoms with Gasteiger partial charge >= 0.3 is 5.97 Å². The highest BCUT2D eigenvalue weighted by atomic mass is 79.9. The van der Waals surface area contributed by atoms with Gasteiger partial charge in [-0.05, 0) is 104 Å². The molecule has 1 heterocycles. The van der Waals surface area contributed by atoms with Gasteiger partial charge in [-0.15, -0.1) is 0 Å². The van der Waals surface area contributed by atoms with E-state index in [1.165, 1.54) is 5.56 Å². The molecule has 2 aromatic carbocycles. The van der Waals surface area contributed by atoms with Crippen LogP contribution in [0.4, 0.5) is 5.69 Å². The highest BCUT2D eigenvalue weighted by molar-refractivity contribution is 9.10. The van der Waals surface area contributed by atoms with Crippen molar-refractivity contribution in [3.05, 3.63) is 70.2 Å². The Bertz CT molecular complexity index is 1110. The summed E-state index contributed by atoms with van der Waals surface area (Å²) in [6, 6.07) is 16.6. The molecule has 0 spiro atoms. The van der Waals surface area contributed by atoms with Crippen LogP contribution >= 0.6 is 15.9 Å². The fourth-order valence-electron chi connectivity index (χ4n) is 6.50. The van der Waals surface area contributed by atoms with E-state index in [1.807, 2.05) is 29.2 Å². The van der Waals surface area contributed by atoms with E-state index in [4.69, 9.17) is 9.84 Å². The van der Waals surface area contributed by atoms with E-state index in [0.29, 0.717) is 13.2 Å². The minimum Gasteiger partial charge on any atom is -0.478 e. The molecule has 3 saturated carbocycles. The van der Waals surface area contributed by atoms with Crippen molar-refractivity contribution >= 4 is 39.6 Å². The predicted molar refractivity (Wildman–Crippen MR) is 145 cm³/mol. The van der Waals surface area contributed by atoms with E-state index in [1.54, 1.807) is 6.08 Å². The number of carbonyl (C=O) groups is 2. The lowest BCUT2D eigenvalue weighted by atomic mass is 9.51. The van der Waals surface area contributed by atoms with E-state index in [9.17, 15) is 9.59 Å². The molecule has 5 nitrogen and oxygen atoms in total. The largest absolute Gasteiger partial charge is 0.478 e. The molecule has 2 bridgehead atoms. The third-order valence-electron chi connectivity index (χ3n) is 8.79. The summed E-state index contributed by atoms with van der Waals surface area (Å²) < 4.78 is 6.65. The van der Waals surface area contributed by atoms with Gasteiger partial charge in [0.15, 0.2) is 0 Å². The molecule has 0 atom stereocenters. The Labute approximate surface area is 221 Å². The van der Waals surface area contributed by atoms with Gasteiger partial charge in [0.05, 0.1) is 0 Å². The fourth-order valence-corrected chi connectivity index (χ4v) is 6.76. The summed E-state index contributed by atoms with van der Waals surface area (Å²) in [6.07, 6.45) is 11.1. The first kappa shape index (κ1) is 25.2. The van der Waals surface area contributed by atoms with Crippen molar-refractivity contribution in [2.45, 2.75) is 56.8 Å². The van der Waals surface area contributed by atoms with E-state index in [0.717, 1.165) is 79.7 Å². The maximum absolute atomic E-state index is 13.9. The summed E-state index contributed by atoms with van der Waals surface area (Å²) >= 11 is 3.57. The minimum absolute atomic E-state index is 0.0256. The Morgan fingerprint density at radius 1 is 1.00 bits per heavy atom. The number of hydrogen-bond donors (Lipinski definition) is 1. The lowest BCUT2D eigenvalue weighted by molar-refractivity contribution is -0.131. The van der Waals surface area contributed by atoms with Gasteiger partial charge in [-0.1, -0.05) is 40.2 Å². The van der Waals surface area contributed by atoms with Gasteiger partial charge in [-0.25, -0.2) is 4.79 Å². The zero-order chi connectivity index (χ0) is 25.2. The minimum atomic E-state index is -0.979. The van der Waals surface area contributed by atoms with Crippen LogP contribution in [0, 0.1) is 11.3 Å². The number of amides is 1. The molecule has 0 radical (unpaired) electrons. The van der Waals surface area contributed by atoms with Gasteiger partial charge in [-0.3, -0.25) is 4.79 Å². The van der Waals surface area contributed by atoms with Gasteiger partial charge in [0, 0.05) is 41.9 Å². The fraction of sp³-hybridized carbons (Fsp3) is 0.467. The molecule has 6 rings (SSSR count). The number of aliphatic carboxylic acids is 1. The van der Waals surface area contributed by atoms with Gasteiger partial charge in [-0.2, -0.15) is 0 Å². The molecule has 1 N–H and O–H groups in total. The standard InChI is InChI=1S/C30H34BrNO4/c31-25-7-5-24(6-8-25)30-15-12-29(13-16-30,14-17-30)21-32(28(35)23-10-18-36-19-11-23)26-3-1-2-22(20-26)4-9-27(33)34/h1-9,20,23H,10-19,21H2,(H,33,34)/b9-4+. The van der Waals surface area contributed by atoms with Crippen molar-refractivity contribution < 1.29 is 19.4 Å². The van der Waals surface area contributed by atoms with Crippen molar-refractivity contribution in [2.75, 3.05) is 24.7 Å². The van der Waals surface area contributed by atoms with Gasteiger partial charge in [0.1, 0.15) is 0 Å². The van der Waals surface area contributed by atoms with Gasteiger partial charge in [0.25, 0.3) is 0 Å². The number of halogens is 1. The Morgan fingerprint density at radius 2 is 1.67 bits per heavy atom. The lowest BCUT2D eigenvalue weighted by Crippen LogP contribution is -2.51. The third kappa shape index (κ3) is 5.30. The van der Waals surface area contributed by atoms with Crippen molar-refractivity contribution in [1.82, 2.24) is 0 Å². The van der Waals surface area contributed by atoms with Crippen LogP contribution in [-0.2, 0) is 19.7 Å². The molecule has 4 fully saturated rings.